The summed E-state index contributed by atoms with van der Waals surface area (Å²) in [7, 11) is 3.12. The number of amides is 4. The number of nitrogens with zero attached hydrogens (tertiary/aromatic N) is 4. The Kier molecular flexibility index (Phi) is 3.98. The van der Waals surface area contributed by atoms with Gasteiger partial charge in [-0.3, -0.25) is 19.4 Å². The number of aliphatic imine (C=N–C) groups is 1. The van der Waals surface area contributed by atoms with Crippen LogP contribution in [0.5, 0.6) is 0 Å². The molecular weight excluding hydrogens is 310 g/mol. The van der Waals surface area contributed by atoms with Crippen molar-refractivity contribution in [2.75, 3.05) is 27.2 Å². The topological polar surface area (TPSA) is 99.1 Å². The first kappa shape index (κ1) is 16.4. The van der Waals surface area contributed by atoms with Crippen LogP contribution in [0.4, 0.5) is 4.79 Å². The fourth-order valence-electron chi connectivity index (χ4n) is 3.61. The molecule has 8 heteroatoms. The van der Waals surface area contributed by atoms with E-state index < -0.39 is 5.92 Å². The number of carbonyl (C=O) groups excluding carboxylic acids is 3. The molecule has 1 atom stereocenters. The normalized spacial score (nSPS) is 27.8. The standard InChI is InChI=1S/C16H21N5O3/c1-9-8-18-14-11(15(23)20(3)16(24)19(14)2)12(9)21-6-4-10(5-7-21)13(17)22/h8,10-11H,4-7H2,1-3H3,(H-,17,22)/p+1. The molecule has 3 aliphatic rings. The Morgan fingerprint density at radius 3 is 2.46 bits per heavy atom. The molecule has 128 valence electrons. The van der Waals surface area contributed by atoms with Crippen LogP contribution in [0, 0.1) is 11.8 Å². The Balaban J connectivity index is 2.00. The first-order valence-corrected chi connectivity index (χ1v) is 8.04. The van der Waals surface area contributed by atoms with E-state index in [1.807, 2.05) is 6.92 Å². The number of hydrogen-bond acceptors (Lipinski definition) is 4. The van der Waals surface area contributed by atoms with Crippen molar-refractivity contribution in [1.29, 1.82) is 0 Å². The molecule has 3 rings (SSSR count). The summed E-state index contributed by atoms with van der Waals surface area (Å²) in [6, 6.07) is -0.380. The van der Waals surface area contributed by atoms with Crippen LogP contribution in [0.3, 0.4) is 0 Å². The molecule has 8 nitrogen and oxygen atoms in total. The third kappa shape index (κ3) is 2.42. The van der Waals surface area contributed by atoms with Crippen molar-refractivity contribution in [3.05, 3.63) is 11.8 Å². The number of rotatable bonds is 1. The van der Waals surface area contributed by atoms with Gasteiger partial charge < -0.3 is 5.73 Å². The van der Waals surface area contributed by atoms with Crippen LogP contribution in [0.1, 0.15) is 19.8 Å². The zero-order valence-corrected chi connectivity index (χ0v) is 14.2. The molecule has 1 unspecified atom stereocenters. The van der Waals surface area contributed by atoms with Crippen molar-refractivity contribution in [2.24, 2.45) is 22.6 Å². The Labute approximate surface area is 140 Å². The van der Waals surface area contributed by atoms with Crippen molar-refractivity contribution < 1.29 is 19.0 Å². The Bertz CT molecular complexity index is 711. The van der Waals surface area contributed by atoms with Gasteiger partial charge in [0.1, 0.15) is 18.9 Å². The summed E-state index contributed by atoms with van der Waals surface area (Å²) in [5, 5.41) is 0. The Hall–Kier alpha value is -2.51. The number of hydrogen-bond donors (Lipinski definition) is 1. The first-order chi connectivity index (χ1) is 11.3. The van der Waals surface area contributed by atoms with E-state index in [1.54, 1.807) is 13.2 Å². The molecule has 0 spiro atoms. The molecule has 2 fully saturated rings. The highest BCUT2D eigenvalue weighted by atomic mass is 16.2. The van der Waals surface area contributed by atoms with E-state index in [-0.39, 0.29) is 23.8 Å². The van der Waals surface area contributed by atoms with Gasteiger partial charge in [-0.25, -0.2) is 14.4 Å². The van der Waals surface area contributed by atoms with Crippen LogP contribution in [0.15, 0.2) is 16.8 Å². The second kappa shape index (κ2) is 5.85. The fourth-order valence-corrected chi connectivity index (χ4v) is 3.61. The van der Waals surface area contributed by atoms with Crippen LogP contribution < -0.4 is 5.73 Å². The number of piperidine rings is 1. The van der Waals surface area contributed by atoms with Crippen LogP contribution >= 0.6 is 0 Å². The maximum Gasteiger partial charge on any atom is 0.331 e. The highest BCUT2D eigenvalue weighted by Gasteiger charge is 2.49. The number of fused-ring (bicyclic) bond motifs is 1. The second-order valence-corrected chi connectivity index (χ2v) is 6.52. The summed E-state index contributed by atoms with van der Waals surface area (Å²) >= 11 is 0. The molecular formula is C16H22N5O3+. The van der Waals surface area contributed by atoms with Crippen molar-refractivity contribution in [2.45, 2.75) is 19.8 Å². The zero-order chi connectivity index (χ0) is 17.6. The number of primary amides is 1. The summed E-state index contributed by atoms with van der Waals surface area (Å²) in [5.41, 5.74) is 7.18. The highest BCUT2D eigenvalue weighted by Crippen LogP contribution is 2.26. The number of carbonyl (C=O) groups is 3. The van der Waals surface area contributed by atoms with Gasteiger partial charge in [-0.2, -0.15) is 0 Å². The van der Waals surface area contributed by atoms with Crippen LogP contribution in [0.2, 0.25) is 0 Å². The van der Waals surface area contributed by atoms with Crippen LogP contribution in [0.25, 0.3) is 0 Å². The number of nitrogens with two attached hydrogens (primary N) is 1. The van der Waals surface area contributed by atoms with Gasteiger partial charge in [0.15, 0.2) is 5.92 Å². The smallest absolute Gasteiger partial charge is 0.331 e. The maximum atomic E-state index is 12.7. The first-order valence-electron chi connectivity index (χ1n) is 8.04. The van der Waals surface area contributed by atoms with Crippen molar-refractivity contribution in [3.8, 4) is 0 Å². The van der Waals surface area contributed by atoms with Crippen molar-refractivity contribution in [3.63, 3.8) is 0 Å². The summed E-state index contributed by atoms with van der Waals surface area (Å²) in [6.45, 7) is 3.23. The van der Waals surface area contributed by atoms with E-state index >= 15 is 0 Å². The zero-order valence-electron chi connectivity index (χ0n) is 14.2. The fraction of sp³-hybridized carbons (Fsp3) is 0.562. The largest absolute Gasteiger partial charge is 0.369 e. The van der Waals surface area contributed by atoms with Gasteiger partial charge in [0.25, 0.3) is 5.91 Å². The maximum absolute atomic E-state index is 12.7. The summed E-state index contributed by atoms with van der Waals surface area (Å²) in [4.78, 5) is 43.1. The molecule has 0 aromatic heterocycles. The molecule has 3 heterocycles. The molecule has 24 heavy (non-hydrogen) atoms. The summed E-state index contributed by atoms with van der Waals surface area (Å²) in [5.74, 6) is -0.765. The highest BCUT2D eigenvalue weighted by molar-refractivity contribution is 6.31. The Morgan fingerprint density at radius 1 is 1.25 bits per heavy atom. The number of amidine groups is 1. The van der Waals surface area contributed by atoms with Crippen LogP contribution in [-0.2, 0) is 9.59 Å². The predicted molar refractivity (Wildman–Crippen MR) is 87.5 cm³/mol. The van der Waals surface area contributed by atoms with Gasteiger partial charge >= 0.3 is 6.03 Å². The third-order valence-electron chi connectivity index (χ3n) is 5.06. The van der Waals surface area contributed by atoms with E-state index in [1.165, 1.54) is 11.9 Å². The molecule has 0 aromatic rings. The van der Waals surface area contributed by atoms with Crippen molar-refractivity contribution in [1.82, 2.24) is 9.80 Å². The van der Waals surface area contributed by atoms with Gasteiger partial charge in [-0.05, 0) is 6.92 Å². The minimum Gasteiger partial charge on any atom is -0.369 e. The van der Waals surface area contributed by atoms with E-state index in [9.17, 15) is 14.4 Å². The number of allylic oxidation sites excluding steroid dienone is 1. The lowest BCUT2D eigenvalue weighted by Gasteiger charge is -2.37. The third-order valence-corrected chi connectivity index (χ3v) is 5.06. The molecule has 2 saturated heterocycles. The predicted octanol–water partition coefficient (Wildman–Crippen LogP) is -0.209. The van der Waals surface area contributed by atoms with Crippen LogP contribution in [-0.4, -0.2) is 71.0 Å². The molecule has 4 amide bonds. The summed E-state index contributed by atoms with van der Waals surface area (Å²) in [6.07, 6.45) is 3.04. The van der Waals surface area contributed by atoms with Crippen molar-refractivity contribution >= 4 is 29.4 Å². The lowest BCUT2D eigenvalue weighted by Crippen LogP contribution is -2.61. The Morgan fingerprint density at radius 2 is 1.88 bits per heavy atom. The average molecular weight is 332 g/mol. The summed E-state index contributed by atoms with van der Waals surface area (Å²) < 4.78 is 2.12. The molecule has 2 N–H and O–H groups in total. The lowest BCUT2D eigenvalue weighted by molar-refractivity contribution is -0.540. The molecule has 0 radical (unpaired) electrons. The van der Waals surface area contributed by atoms with E-state index in [0.717, 1.165) is 16.2 Å². The van der Waals surface area contributed by atoms with Gasteiger partial charge in [0.2, 0.25) is 11.6 Å². The molecule has 3 aliphatic heterocycles. The number of imide groups is 1. The van der Waals surface area contributed by atoms with Gasteiger partial charge in [-0.15, -0.1) is 0 Å². The van der Waals surface area contributed by atoms with Gasteiger partial charge in [0.05, 0.1) is 0 Å². The lowest BCUT2D eigenvalue weighted by atomic mass is 9.88. The monoisotopic (exact) mass is 332 g/mol. The molecule has 0 bridgehead atoms. The number of urea groups is 1. The molecule has 0 saturated carbocycles. The molecule has 0 aromatic carbocycles. The van der Waals surface area contributed by atoms with E-state index in [0.29, 0.717) is 31.8 Å². The minimum absolute atomic E-state index is 0.114. The SMILES string of the molecule is CC1=CN=C2C(C(=O)N(C)C(=O)N2C)C1=[N+]1CCC(C(N)=O)CC1. The average Bonchev–Trinajstić information content (AvgIpc) is 2.57. The van der Waals surface area contributed by atoms with E-state index in [2.05, 4.69) is 9.57 Å². The second-order valence-electron chi connectivity index (χ2n) is 6.52. The van der Waals surface area contributed by atoms with E-state index in [4.69, 9.17) is 5.73 Å². The van der Waals surface area contributed by atoms with Gasteiger partial charge in [0, 0.05) is 44.6 Å². The quantitative estimate of drug-likeness (QED) is 0.673. The van der Waals surface area contributed by atoms with Gasteiger partial charge in [-0.1, -0.05) is 0 Å². The molecule has 0 aliphatic carbocycles. The minimum atomic E-state index is -0.576.